The zero-order valence-corrected chi connectivity index (χ0v) is 11.4. The van der Waals surface area contributed by atoms with E-state index in [4.69, 9.17) is 9.47 Å². The van der Waals surface area contributed by atoms with Gasteiger partial charge in [0.1, 0.15) is 12.7 Å². The average Bonchev–Trinajstić information content (AvgIpc) is 2.31. The van der Waals surface area contributed by atoms with E-state index < -0.39 is 6.16 Å². The highest BCUT2D eigenvalue weighted by Gasteiger charge is 2.56. The van der Waals surface area contributed by atoms with Crippen LogP contribution < -0.4 is 0 Å². The molecule has 2 aliphatic rings. The van der Waals surface area contributed by atoms with Gasteiger partial charge in [0.25, 0.3) is 0 Å². The molecule has 1 saturated carbocycles. The largest absolute Gasteiger partial charge is 0.508 e. The average molecular weight is 240 g/mol. The summed E-state index contributed by atoms with van der Waals surface area (Å²) in [7, 11) is 0. The molecule has 1 aliphatic heterocycles. The third-order valence-electron chi connectivity index (χ3n) is 5.31. The number of fused-ring (bicyclic) bond motifs is 1. The first kappa shape index (κ1) is 12.7. The smallest absolute Gasteiger partial charge is 0.434 e. The van der Waals surface area contributed by atoms with Crippen LogP contribution in [0, 0.1) is 16.7 Å². The summed E-state index contributed by atoms with van der Waals surface area (Å²) < 4.78 is 10.6. The second kappa shape index (κ2) is 4.18. The molecule has 0 radical (unpaired) electrons. The van der Waals surface area contributed by atoms with Crippen LogP contribution >= 0.6 is 0 Å². The predicted molar refractivity (Wildman–Crippen MR) is 65.7 cm³/mol. The van der Waals surface area contributed by atoms with Crippen molar-refractivity contribution in [2.24, 2.45) is 16.7 Å². The fourth-order valence-electron chi connectivity index (χ4n) is 4.12. The van der Waals surface area contributed by atoms with Crippen LogP contribution in [0.2, 0.25) is 0 Å². The number of hydrogen-bond donors (Lipinski definition) is 0. The molecule has 0 bridgehead atoms. The van der Waals surface area contributed by atoms with Gasteiger partial charge in [-0.3, -0.25) is 0 Å². The summed E-state index contributed by atoms with van der Waals surface area (Å²) in [6, 6.07) is 0. The molecule has 0 aromatic rings. The highest BCUT2D eigenvalue weighted by atomic mass is 16.7. The molecule has 0 aromatic heterocycles. The molecule has 3 nitrogen and oxygen atoms in total. The standard InChI is InChI=1S/C14H24O3/c1-5-10-13(3,6-2)8-7-11-14(10,4)9-16-12(15)17-11/h10-11H,5-9H2,1-4H3. The lowest BCUT2D eigenvalue weighted by molar-refractivity contribution is -0.178. The number of carbonyl (C=O) groups is 1. The lowest BCUT2D eigenvalue weighted by Crippen LogP contribution is -2.57. The van der Waals surface area contributed by atoms with Crippen LogP contribution in [0.3, 0.4) is 0 Å². The summed E-state index contributed by atoms with van der Waals surface area (Å²) in [5, 5.41) is 0. The lowest BCUT2D eigenvalue weighted by Gasteiger charge is -2.56. The van der Waals surface area contributed by atoms with Crippen LogP contribution in [-0.4, -0.2) is 18.9 Å². The van der Waals surface area contributed by atoms with Crippen LogP contribution in [-0.2, 0) is 9.47 Å². The summed E-state index contributed by atoms with van der Waals surface area (Å²) >= 11 is 0. The number of rotatable bonds is 2. The molecular formula is C14H24O3. The number of hydrogen-bond acceptors (Lipinski definition) is 3. The maximum absolute atomic E-state index is 11.2. The Balaban J connectivity index is 2.29. The third-order valence-corrected chi connectivity index (χ3v) is 5.31. The molecule has 1 saturated heterocycles. The first-order chi connectivity index (χ1) is 7.96. The van der Waals surface area contributed by atoms with Crippen molar-refractivity contribution >= 4 is 6.16 Å². The van der Waals surface area contributed by atoms with E-state index in [0.29, 0.717) is 17.9 Å². The second-order valence-corrected chi connectivity index (χ2v) is 6.16. The number of cyclic esters (lactones) is 1. The summed E-state index contributed by atoms with van der Waals surface area (Å²) in [6.45, 7) is 9.62. The summed E-state index contributed by atoms with van der Waals surface area (Å²) in [4.78, 5) is 11.2. The Hall–Kier alpha value is -0.730. The Kier molecular flexibility index (Phi) is 3.13. The minimum atomic E-state index is -0.484. The molecule has 0 amide bonds. The first-order valence-corrected chi connectivity index (χ1v) is 6.79. The monoisotopic (exact) mass is 240 g/mol. The van der Waals surface area contributed by atoms with Crippen LogP contribution in [0.25, 0.3) is 0 Å². The van der Waals surface area contributed by atoms with Crippen molar-refractivity contribution in [3.63, 3.8) is 0 Å². The Morgan fingerprint density at radius 1 is 1.35 bits per heavy atom. The van der Waals surface area contributed by atoms with Gasteiger partial charge in [-0.2, -0.15) is 0 Å². The molecule has 0 N–H and O–H groups in total. The zero-order chi connectivity index (χ0) is 12.7. The Bertz CT molecular complexity index is 315. The van der Waals surface area contributed by atoms with Crippen molar-refractivity contribution in [3.05, 3.63) is 0 Å². The molecule has 0 spiro atoms. The third kappa shape index (κ3) is 1.84. The number of carbonyl (C=O) groups excluding carboxylic acids is 1. The second-order valence-electron chi connectivity index (χ2n) is 6.16. The normalized spacial score (nSPS) is 45.8. The summed E-state index contributed by atoms with van der Waals surface area (Å²) in [5.41, 5.74) is 0.346. The van der Waals surface area contributed by atoms with E-state index in [-0.39, 0.29) is 11.5 Å². The molecule has 98 valence electrons. The fourth-order valence-corrected chi connectivity index (χ4v) is 4.12. The van der Waals surface area contributed by atoms with Crippen LogP contribution in [0.4, 0.5) is 4.79 Å². The Morgan fingerprint density at radius 2 is 2.06 bits per heavy atom. The van der Waals surface area contributed by atoms with E-state index in [0.717, 1.165) is 19.3 Å². The fraction of sp³-hybridized carbons (Fsp3) is 0.929. The van der Waals surface area contributed by atoms with Crippen molar-refractivity contribution in [3.8, 4) is 0 Å². The minimum Gasteiger partial charge on any atom is -0.434 e. The van der Waals surface area contributed by atoms with Crippen molar-refractivity contribution < 1.29 is 14.3 Å². The van der Waals surface area contributed by atoms with E-state index in [9.17, 15) is 4.79 Å². The molecule has 4 unspecified atom stereocenters. The topological polar surface area (TPSA) is 35.5 Å². The molecule has 4 atom stereocenters. The van der Waals surface area contributed by atoms with Crippen LogP contribution in [0.5, 0.6) is 0 Å². The van der Waals surface area contributed by atoms with E-state index in [2.05, 4.69) is 27.7 Å². The van der Waals surface area contributed by atoms with Crippen LogP contribution in [0.15, 0.2) is 0 Å². The van der Waals surface area contributed by atoms with Crippen molar-refractivity contribution in [1.82, 2.24) is 0 Å². The molecule has 2 fully saturated rings. The van der Waals surface area contributed by atoms with Gasteiger partial charge in [-0.1, -0.05) is 40.5 Å². The van der Waals surface area contributed by atoms with E-state index in [1.165, 1.54) is 6.42 Å². The molecular weight excluding hydrogens is 216 g/mol. The maximum Gasteiger partial charge on any atom is 0.508 e. The molecule has 17 heavy (non-hydrogen) atoms. The highest BCUT2D eigenvalue weighted by Crippen LogP contribution is 2.56. The maximum atomic E-state index is 11.2. The van der Waals surface area contributed by atoms with Gasteiger partial charge >= 0.3 is 6.16 Å². The Labute approximate surface area is 104 Å². The Morgan fingerprint density at radius 3 is 2.65 bits per heavy atom. The SMILES string of the molecule is CCC1C(C)(CC)CCC2OC(=O)OCC21C. The summed E-state index contributed by atoms with van der Waals surface area (Å²) in [5.74, 6) is 0.562. The van der Waals surface area contributed by atoms with Crippen molar-refractivity contribution in [1.29, 1.82) is 0 Å². The highest BCUT2D eigenvalue weighted by molar-refractivity contribution is 5.61. The molecule has 1 aliphatic carbocycles. The van der Waals surface area contributed by atoms with Gasteiger partial charge in [-0.15, -0.1) is 0 Å². The van der Waals surface area contributed by atoms with E-state index in [1.54, 1.807) is 0 Å². The molecule has 3 heteroatoms. The molecule has 2 rings (SSSR count). The van der Waals surface area contributed by atoms with Crippen molar-refractivity contribution in [2.45, 2.75) is 59.5 Å². The molecule has 1 heterocycles. The molecule has 0 aromatic carbocycles. The lowest BCUT2D eigenvalue weighted by atomic mass is 9.53. The van der Waals surface area contributed by atoms with Gasteiger partial charge in [0.05, 0.1) is 0 Å². The van der Waals surface area contributed by atoms with Crippen molar-refractivity contribution in [2.75, 3.05) is 6.61 Å². The van der Waals surface area contributed by atoms with E-state index in [1.807, 2.05) is 0 Å². The number of ether oxygens (including phenoxy) is 2. The quantitative estimate of drug-likeness (QED) is 0.689. The zero-order valence-electron chi connectivity index (χ0n) is 11.4. The predicted octanol–water partition coefficient (Wildman–Crippen LogP) is 3.76. The van der Waals surface area contributed by atoms with E-state index >= 15 is 0 Å². The van der Waals surface area contributed by atoms with Crippen LogP contribution in [0.1, 0.15) is 53.4 Å². The van der Waals surface area contributed by atoms with Gasteiger partial charge in [-0.25, -0.2) is 4.79 Å². The van der Waals surface area contributed by atoms with Gasteiger partial charge in [0.15, 0.2) is 0 Å². The van der Waals surface area contributed by atoms with Gasteiger partial charge < -0.3 is 9.47 Å². The van der Waals surface area contributed by atoms with Gasteiger partial charge in [-0.05, 0) is 24.2 Å². The summed E-state index contributed by atoms with van der Waals surface area (Å²) in [6.07, 6.45) is 4.00. The minimum absolute atomic E-state index is 0.00826. The first-order valence-electron chi connectivity index (χ1n) is 6.79. The van der Waals surface area contributed by atoms with Gasteiger partial charge in [0, 0.05) is 5.41 Å². The van der Waals surface area contributed by atoms with Gasteiger partial charge in [0.2, 0.25) is 0 Å².